The van der Waals surface area contributed by atoms with Gasteiger partial charge in [0.15, 0.2) is 0 Å². The molecule has 0 radical (unpaired) electrons. The fourth-order valence-corrected chi connectivity index (χ4v) is 2.26. The molecule has 0 saturated carbocycles. The highest BCUT2D eigenvalue weighted by atomic mass is 35.5. The van der Waals surface area contributed by atoms with Crippen molar-refractivity contribution < 1.29 is 9.59 Å². The largest absolute Gasteiger partial charge is 0.324 e. The molecule has 1 aromatic carbocycles. The Morgan fingerprint density at radius 1 is 1.43 bits per heavy atom. The minimum atomic E-state index is -0.717. The van der Waals surface area contributed by atoms with Gasteiger partial charge in [-0.25, -0.2) is 4.68 Å². The molecule has 21 heavy (non-hydrogen) atoms. The first kappa shape index (κ1) is 13.6. The molecule has 8 heteroatoms. The van der Waals surface area contributed by atoms with Gasteiger partial charge >= 0.3 is 0 Å². The van der Waals surface area contributed by atoms with Crippen LogP contribution in [0.1, 0.15) is 18.3 Å². The van der Waals surface area contributed by atoms with Gasteiger partial charge < -0.3 is 5.32 Å². The predicted molar refractivity (Wildman–Crippen MR) is 77.1 cm³/mol. The third kappa shape index (κ3) is 2.73. The Morgan fingerprint density at radius 3 is 2.86 bits per heavy atom. The zero-order chi connectivity index (χ0) is 15.0. The number of rotatable bonds is 2. The van der Waals surface area contributed by atoms with Gasteiger partial charge in [0.1, 0.15) is 11.9 Å². The molecule has 2 N–H and O–H groups in total. The first-order valence-corrected chi connectivity index (χ1v) is 6.70. The van der Waals surface area contributed by atoms with E-state index < -0.39 is 6.04 Å². The van der Waals surface area contributed by atoms with Crippen molar-refractivity contribution in [2.75, 3.05) is 10.6 Å². The van der Waals surface area contributed by atoms with E-state index in [1.54, 1.807) is 31.2 Å². The van der Waals surface area contributed by atoms with Gasteiger partial charge in [-0.1, -0.05) is 11.6 Å². The zero-order valence-corrected chi connectivity index (χ0v) is 11.9. The Balaban J connectivity index is 1.84. The number of nitrogens with one attached hydrogen (secondary N) is 2. The van der Waals surface area contributed by atoms with Gasteiger partial charge in [-0.2, -0.15) is 10.1 Å². The SMILES string of the molecule is Cc1nc2n(n1)[C@H](C(=O)Nc1ccc(Cl)cc1)CC(=O)N2. The van der Waals surface area contributed by atoms with E-state index in [0.29, 0.717) is 22.5 Å². The average Bonchev–Trinajstić information content (AvgIpc) is 2.80. The maximum absolute atomic E-state index is 12.4. The Morgan fingerprint density at radius 2 is 2.14 bits per heavy atom. The quantitative estimate of drug-likeness (QED) is 0.885. The summed E-state index contributed by atoms with van der Waals surface area (Å²) in [5.41, 5.74) is 0.605. The molecule has 1 atom stereocenters. The van der Waals surface area contributed by atoms with E-state index in [1.807, 2.05) is 0 Å². The number of aryl methyl sites for hydroxylation is 1. The van der Waals surface area contributed by atoms with Crippen LogP contribution >= 0.6 is 11.6 Å². The Hall–Kier alpha value is -2.41. The summed E-state index contributed by atoms with van der Waals surface area (Å²) in [6.07, 6.45) is 0.0230. The van der Waals surface area contributed by atoms with Crippen LogP contribution in [0.15, 0.2) is 24.3 Å². The van der Waals surface area contributed by atoms with Crippen LogP contribution in [0.4, 0.5) is 11.6 Å². The van der Waals surface area contributed by atoms with Crippen molar-refractivity contribution in [1.29, 1.82) is 0 Å². The summed E-state index contributed by atoms with van der Waals surface area (Å²) in [5.74, 6) is 0.209. The van der Waals surface area contributed by atoms with E-state index in [1.165, 1.54) is 4.68 Å². The Labute approximate surface area is 125 Å². The molecule has 0 spiro atoms. The smallest absolute Gasteiger partial charge is 0.249 e. The summed E-state index contributed by atoms with van der Waals surface area (Å²) in [5, 5.41) is 10.1. The van der Waals surface area contributed by atoms with Gasteiger partial charge in [0.05, 0.1) is 6.42 Å². The van der Waals surface area contributed by atoms with Gasteiger partial charge in [0.2, 0.25) is 17.8 Å². The van der Waals surface area contributed by atoms with E-state index in [2.05, 4.69) is 20.7 Å². The van der Waals surface area contributed by atoms with Gasteiger partial charge in [-0.3, -0.25) is 14.9 Å². The first-order chi connectivity index (χ1) is 10.0. The average molecular weight is 306 g/mol. The van der Waals surface area contributed by atoms with Crippen LogP contribution in [0.3, 0.4) is 0 Å². The molecule has 1 aliphatic rings. The van der Waals surface area contributed by atoms with Gasteiger partial charge in [0, 0.05) is 10.7 Å². The summed E-state index contributed by atoms with van der Waals surface area (Å²) >= 11 is 5.80. The van der Waals surface area contributed by atoms with Gasteiger partial charge in [0.25, 0.3) is 0 Å². The van der Waals surface area contributed by atoms with E-state index in [-0.39, 0.29) is 18.2 Å². The molecule has 3 rings (SSSR count). The number of amides is 2. The molecule has 2 aromatic rings. The van der Waals surface area contributed by atoms with Crippen LogP contribution in [0.2, 0.25) is 5.02 Å². The summed E-state index contributed by atoms with van der Waals surface area (Å²) in [6, 6.07) is 6.02. The number of hydrogen-bond acceptors (Lipinski definition) is 4. The van der Waals surface area contributed by atoms with Crippen molar-refractivity contribution in [1.82, 2.24) is 14.8 Å². The standard InChI is InChI=1S/C13H12ClN5O2/c1-7-15-13-17-11(20)6-10(19(13)18-7)12(21)16-9-4-2-8(14)3-5-9/h2-5,10H,6H2,1H3,(H,16,21)(H,15,17,18,20)/t10-/m0/s1. The maximum atomic E-state index is 12.4. The number of fused-ring (bicyclic) bond motifs is 1. The maximum Gasteiger partial charge on any atom is 0.249 e. The topological polar surface area (TPSA) is 88.9 Å². The van der Waals surface area contributed by atoms with Crippen molar-refractivity contribution in [2.45, 2.75) is 19.4 Å². The molecular formula is C13H12ClN5O2. The summed E-state index contributed by atoms with van der Waals surface area (Å²) in [4.78, 5) is 28.1. The van der Waals surface area contributed by atoms with Crippen LogP contribution in [0.5, 0.6) is 0 Å². The molecule has 0 fully saturated rings. The molecule has 0 unspecified atom stereocenters. The Bertz CT molecular complexity index is 710. The number of anilines is 2. The second-order valence-electron chi connectivity index (χ2n) is 4.69. The van der Waals surface area contributed by atoms with E-state index in [0.717, 1.165) is 0 Å². The summed E-state index contributed by atoms with van der Waals surface area (Å²) in [6.45, 7) is 1.70. The summed E-state index contributed by atoms with van der Waals surface area (Å²) < 4.78 is 1.43. The number of nitrogens with zero attached hydrogens (tertiary/aromatic N) is 3. The normalized spacial score (nSPS) is 17.0. The Kier molecular flexibility index (Phi) is 3.34. The predicted octanol–water partition coefficient (Wildman–Crippen LogP) is 1.76. The highest BCUT2D eigenvalue weighted by Crippen LogP contribution is 2.24. The molecular weight excluding hydrogens is 294 g/mol. The van der Waals surface area contributed by atoms with Crippen LogP contribution in [-0.2, 0) is 9.59 Å². The van der Waals surface area contributed by atoms with E-state index in [9.17, 15) is 9.59 Å². The summed E-state index contributed by atoms with van der Waals surface area (Å²) in [7, 11) is 0. The first-order valence-electron chi connectivity index (χ1n) is 6.32. The van der Waals surface area contributed by atoms with Crippen molar-refractivity contribution >= 4 is 35.1 Å². The lowest BCUT2D eigenvalue weighted by Gasteiger charge is -2.22. The molecule has 0 bridgehead atoms. The number of carbonyl (C=O) groups excluding carboxylic acids is 2. The van der Waals surface area contributed by atoms with Crippen LogP contribution in [0.25, 0.3) is 0 Å². The fourth-order valence-electron chi connectivity index (χ4n) is 2.13. The second-order valence-corrected chi connectivity index (χ2v) is 5.13. The molecule has 0 saturated heterocycles. The number of benzene rings is 1. The van der Waals surface area contributed by atoms with Crippen molar-refractivity contribution in [3.05, 3.63) is 35.1 Å². The second kappa shape index (κ2) is 5.17. The highest BCUT2D eigenvalue weighted by Gasteiger charge is 2.32. The number of carbonyl (C=O) groups is 2. The third-order valence-electron chi connectivity index (χ3n) is 3.08. The number of halogens is 1. The van der Waals surface area contributed by atoms with Crippen LogP contribution in [0, 0.1) is 6.92 Å². The number of hydrogen-bond donors (Lipinski definition) is 2. The molecule has 2 heterocycles. The van der Waals surface area contributed by atoms with Crippen LogP contribution in [-0.4, -0.2) is 26.6 Å². The fraction of sp³-hybridized carbons (Fsp3) is 0.231. The molecule has 2 amide bonds. The lowest BCUT2D eigenvalue weighted by atomic mass is 10.1. The van der Waals surface area contributed by atoms with E-state index in [4.69, 9.17) is 11.6 Å². The van der Waals surface area contributed by atoms with Crippen molar-refractivity contribution in [3.8, 4) is 0 Å². The molecule has 1 aromatic heterocycles. The third-order valence-corrected chi connectivity index (χ3v) is 3.33. The van der Waals surface area contributed by atoms with Crippen molar-refractivity contribution in [2.24, 2.45) is 0 Å². The zero-order valence-electron chi connectivity index (χ0n) is 11.1. The number of aromatic nitrogens is 3. The van der Waals surface area contributed by atoms with E-state index >= 15 is 0 Å². The minimum Gasteiger partial charge on any atom is -0.324 e. The van der Waals surface area contributed by atoms with Gasteiger partial charge in [-0.15, -0.1) is 0 Å². The molecule has 7 nitrogen and oxygen atoms in total. The lowest BCUT2D eigenvalue weighted by Crippen LogP contribution is -2.36. The van der Waals surface area contributed by atoms with Crippen molar-refractivity contribution in [3.63, 3.8) is 0 Å². The highest BCUT2D eigenvalue weighted by molar-refractivity contribution is 6.30. The monoisotopic (exact) mass is 305 g/mol. The lowest BCUT2D eigenvalue weighted by molar-refractivity contribution is -0.125. The van der Waals surface area contributed by atoms with Gasteiger partial charge in [-0.05, 0) is 31.2 Å². The molecule has 1 aliphatic heterocycles. The molecule has 108 valence electrons. The van der Waals surface area contributed by atoms with Crippen LogP contribution < -0.4 is 10.6 Å². The molecule has 0 aliphatic carbocycles. The minimum absolute atomic E-state index is 0.0230.